The summed E-state index contributed by atoms with van der Waals surface area (Å²) in [6.45, 7) is 2.12. The number of hydrogen-bond acceptors (Lipinski definition) is 4. The van der Waals surface area contributed by atoms with Crippen LogP contribution in [0.25, 0.3) is 0 Å². The fourth-order valence-electron chi connectivity index (χ4n) is 2.94. The predicted molar refractivity (Wildman–Crippen MR) is 90.9 cm³/mol. The average Bonchev–Trinajstić information content (AvgIpc) is 2.89. The minimum absolute atomic E-state index is 0.0231. The number of hydrogen-bond donors (Lipinski definition) is 0. The van der Waals surface area contributed by atoms with Crippen LogP contribution in [0.4, 0.5) is 0 Å². The van der Waals surface area contributed by atoms with E-state index >= 15 is 0 Å². The van der Waals surface area contributed by atoms with Gasteiger partial charge in [0.15, 0.2) is 5.12 Å². The Morgan fingerprint density at radius 3 is 2.61 bits per heavy atom. The van der Waals surface area contributed by atoms with Gasteiger partial charge in [-0.3, -0.25) is 14.6 Å². The molecule has 2 unspecified atom stereocenters. The van der Waals surface area contributed by atoms with Crippen molar-refractivity contribution in [3.63, 3.8) is 0 Å². The van der Waals surface area contributed by atoms with Crippen LogP contribution in [0.2, 0.25) is 0 Å². The normalized spacial score (nSPS) is 18.9. The molecule has 0 saturated carbocycles. The van der Waals surface area contributed by atoms with Crippen molar-refractivity contribution in [2.75, 3.05) is 6.54 Å². The van der Waals surface area contributed by atoms with E-state index in [1.54, 1.807) is 13.1 Å². The lowest BCUT2D eigenvalue weighted by molar-refractivity contribution is -0.129. The molecule has 5 heteroatoms. The van der Waals surface area contributed by atoms with Crippen LogP contribution in [0.1, 0.15) is 30.6 Å². The van der Waals surface area contributed by atoms with Crippen LogP contribution in [-0.4, -0.2) is 32.7 Å². The Morgan fingerprint density at radius 1 is 1.22 bits per heavy atom. The summed E-state index contributed by atoms with van der Waals surface area (Å²) in [6, 6.07) is 15.4. The molecular formula is C18H18N2O2S. The molecular weight excluding hydrogens is 308 g/mol. The van der Waals surface area contributed by atoms with Crippen molar-refractivity contribution in [2.24, 2.45) is 0 Å². The van der Waals surface area contributed by atoms with Gasteiger partial charge in [0.2, 0.25) is 5.91 Å². The minimum Gasteiger partial charge on any atom is -0.329 e. The minimum atomic E-state index is -0.206. The standard InChI is InChI=1S/C18H18N2O2S/c1-13(21)23-15-11-17(22)20(12-15)18(14-7-3-2-4-8-14)16-9-5-6-10-19-16/h2-10,15,18H,11-12H2,1H3. The molecule has 1 saturated heterocycles. The molecule has 1 amide bonds. The number of amides is 1. The molecule has 0 aliphatic carbocycles. The van der Waals surface area contributed by atoms with Crippen LogP contribution in [0.15, 0.2) is 54.7 Å². The van der Waals surface area contributed by atoms with E-state index in [1.165, 1.54) is 11.8 Å². The Hall–Kier alpha value is -2.14. The molecule has 4 nitrogen and oxygen atoms in total. The van der Waals surface area contributed by atoms with Crippen molar-refractivity contribution in [1.82, 2.24) is 9.88 Å². The van der Waals surface area contributed by atoms with Gasteiger partial charge in [0.25, 0.3) is 0 Å². The second-order valence-corrected chi connectivity index (χ2v) is 7.03. The number of likely N-dealkylation sites (tertiary alicyclic amines) is 1. The molecule has 1 aliphatic heterocycles. The summed E-state index contributed by atoms with van der Waals surface area (Å²) in [5.41, 5.74) is 1.88. The first-order chi connectivity index (χ1) is 11.1. The highest BCUT2D eigenvalue weighted by atomic mass is 32.2. The zero-order chi connectivity index (χ0) is 16.2. The highest BCUT2D eigenvalue weighted by Crippen LogP contribution is 2.34. The van der Waals surface area contributed by atoms with E-state index in [-0.39, 0.29) is 22.3 Å². The quantitative estimate of drug-likeness (QED) is 0.866. The lowest BCUT2D eigenvalue weighted by Gasteiger charge is -2.28. The van der Waals surface area contributed by atoms with Gasteiger partial charge in [-0.25, -0.2) is 0 Å². The molecule has 0 radical (unpaired) electrons. The van der Waals surface area contributed by atoms with Gasteiger partial charge in [-0.1, -0.05) is 48.2 Å². The first-order valence-corrected chi connectivity index (χ1v) is 8.45. The second kappa shape index (κ2) is 6.96. The van der Waals surface area contributed by atoms with Crippen LogP contribution >= 0.6 is 11.8 Å². The first kappa shape index (κ1) is 15.7. The number of carbonyl (C=O) groups excluding carboxylic acids is 2. The van der Waals surface area contributed by atoms with Crippen molar-refractivity contribution in [2.45, 2.75) is 24.6 Å². The van der Waals surface area contributed by atoms with E-state index in [2.05, 4.69) is 4.98 Å². The SMILES string of the molecule is CC(=O)SC1CC(=O)N(C(c2ccccc2)c2ccccn2)C1. The van der Waals surface area contributed by atoms with Crippen LogP contribution in [0.5, 0.6) is 0 Å². The zero-order valence-electron chi connectivity index (χ0n) is 12.9. The van der Waals surface area contributed by atoms with Crippen molar-refractivity contribution < 1.29 is 9.59 Å². The molecule has 0 spiro atoms. The molecule has 1 aromatic carbocycles. The highest BCUT2D eigenvalue weighted by molar-refractivity contribution is 8.14. The van der Waals surface area contributed by atoms with Gasteiger partial charge in [0.1, 0.15) is 0 Å². The molecule has 0 bridgehead atoms. The summed E-state index contributed by atoms with van der Waals surface area (Å²) < 4.78 is 0. The highest BCUT2D eigenvalue weighted by Gasteiger charge is 2.37. The number of thioether (sulfide) groups is 1. The number of nitrogens with zero attached hydrogens (tertiary/aromatic N) is 2. The van der Waals surface area contributed by atoms with E-state index in [1.807, 2.05) is 53.4 Å². The molecule has 2 heterocycles. The average molecular weight is 326 g/mol. The summed E-state index contributed by atoms with van der Waals surface area (Å²) in [4.78, 5) is 30.2. The van der Waals surface area contributed by atoms with Gasteiger partial charge in [-0.2, -0.15) is 0 Å². The van der Waals surface area contributed by atoms with Gasteiger partial charge in [-0.05, 0) is 17.7 Å². The number of pyridine rings is 1. The summed E-state index contributed by atoms with van der Waals surface area (Å²) in [6.07, 6.45) is 2.15. The number of carbonyl (C=O) groups is 2. The number of rotatable bonds is 4. The summed E-state index contributed by atoms with van der Waals surface area (Å²) in [5, 5.41) is 0.0775. The molecule has 2 aromatic rings. The van der Waals surface area contributed by atoms with E-state index in [4.69, 9.17) is 0 Å². The number of aromatic nitrogens is 1. The van der Waals surface area contributed by atoms with Crippen molar-refractivity contribution in [1.29, 1.82) is 0 Å². The third-order valence-corrected chi connectivity index (χ3v) is 4.83. The Morgan fingerprint density at radius 2 is 1.96 bits per heavy atom. The maximum absolute atomic E-state index is 12.5. The second-order valence-electron chi connectivity index (χ2n) is 5.55. The fraction of sp³-hybridized carbons (Fsp3) is 0.278. The molecule has 23 heavy (non-hydrogen) atoms. The summed E-state index contributed by atoms with van der Waals surface area (Å²) >= 11 is 1.26. The van der Waals surface area contributed by atoms with E-state index in [0.29, 0.717) is 13.0 Å². The summed E-state index contributed by atoms with van der Waals surface area (Å²) in [5.74, 6) is 0.0725. The van der Waals surface area contributed by atoms with Gasteiger partial charge < -0.3 is 4.90 Å². The summed E-state index contributed by atoms with van der Waals surface area (Å²) in [7, 11) is 0. The number of benzene rings is 1. The van der Waals surface area contributed by atoms with Crippen LogP contribution in [0.3, 0.4) is 0 Å². The van der Waals surface area contributed by atoms with Crippen molar-refractivity contribution >= 4 is 22.8 Å². The maximum atomic E-state index is 12.5. The van der Waals surface area contributed by atoms with Gasteiger partial charge in [0, 0.05) is 31.3 Å². The van der Waals surface area contributed by atoms with E-state index < -0.39 is 0 Å². The molecule has 118 valence electrons. The lowest BCUT2D eigenvalue weighted by Crippen LogP contribution is -2.32. The van der Waals surface area contributed by atoms with Crippen molar-refractivity contribution in [3.05, 3.63) is 66.0 Å². The molecule has 1 aliphatic rings. The van der Waals surface area contributed by atoms with Crippen LogP contribution in [0, 0.1) is 0 Å². The van der Waals surface area contributed by atoms with E-state index in [0.717, 1.165) is 11.3 Å². The maximum Gasteiger partial charge on any atom is 0.224 e. The topological polar surface area (TPSA) is 50.3 Å². The molecule has 1 fully saturated rings. The Bertz CT molecular complexity index is 651. The largest absolute Gasteiger partial charge is 0.329 e. The van der Waals surface area contributed by atoms with Crippen molar-refractivity contribution in [3.8, 4) is 0 Å². The third-order valence-electron chi connectivity index (χ3n) is 3.85. The van der Waals surface area contributed by atoms with Gasteiger partial charge >= 0.3 is 0 Å². The molecule has 3 rings (SSSR count). The fourth-order valence-corrected chi connectivity index (χ4v) is 3.87. The smallest absolute Gasteiger partial charge is 0.224 e. The van der Waals surface area contributed by atoms with Crippen LogP contribution < -0.4 is 0 Å². The monoisotopic (exact) mass is 326 g/mol. The molecule has 2 atom stereocenters. The Kier molecular flexibility index (Phi) is 4.76. The Labute approximate surface area is 139 Å². The van der Waals surface area contributed by atoms with E-state index in [9.17, 15) is 9.59 Å². The predicted octanol–water partition coefficient (Wildman–Crippen LogP) is 3.05. The first-order valence-electron chi connectivity index (χ1n) is 7.57. The van der Waals surface area contributed by atoms with Gasteiger partial charge in [-0.15, -0.1) is 0 Å². The molecule has 0 N–H and O–H groups in total. The van der Waals surface area contributed by atoms with Gasteiger partial charge in [0.05, 0.1) is 11.7 Å². The lowest BCUT2D eigenvalue weighted by atomic mass is 10.0. The third kappa shape index (κ3) is 3.62. The van der Waals surface area contributed by atoms with Crippen LogP contribution in [-0.2, 0) is 9.59 Å². The zero-order valence-corrected chi connectivity index (χ0v) is 13.7. The Balaban J connectivity index is 1.93. The molecule has 1 aromatic heterocycles.